The van der Waals surface area contributed by atoms with Crippen LogP contribution < -0.4 is 10.5 Å². The number of benzene rings is 1. The van der Waals surface area contributed by atoms with Crippen LogP contribution in [0.15, 0.2) is 35.8 Å². The lowest BCUT2D eigenvalue weighted by Gasteiger charge is -2.11. The van der Waals surface area contributed by atoms with Crippen molar-refractivity contribution in [2.24, 2.45) is 5.73 Å². The molecule has 0 fully saturated rings. The molecule has 3 nitrogen and oxygen atoms in total. The molecule has 0 aliphatic rings. The van der Waals surface area contributed by atoms with Gasteiger partial charge >= 0.3 is 0 Å². The number of thiazole rings is 1. The summed E-state index contributed by atoms with van der Waals surface area (Å²) in [6, 6.07) is 8.06. The number of nitrogens with zero attached hydrogens (tertiary/aromatic N) is 1. The van der Waals surface area contributed by atoms with Gasteiger partial charge in [-0.2, -0.15) is 0 Å². The van der Waals surface area contributed by atoms with E-state index in [0.29, 0.717) is 0 Å². The van der Waals surface area contributed by atoms with Crippen LogP contribution in [0, 0.1) is 0 Å². The zero-order chi connectivity index (χ0) is 13.5. The van der Waals surface area contributed by atoms with Gasteiger partial charge in [-0.05, 0) is 24.1 Å². The zero-order valence-corrected chi connectivity index (χ0v) is 12.0. The smallest absolute Gasteiger partial charge is 0.119 e. The SMILES string of the molecule is CCCCOc1ccc(C(N)Cc2nccs2)cc1. The highest BCUT2D eigenvalue weighted by atomic mass is 32.1. The predicted molar refractivity (Wildman–Crippen MR) is 79.6 cm³/mol. The molecule has 1 atom stereocenters. The molecule has 1 aromatic heterocycles. The number of nitrogens with two attached hydrogens (primary N) is 1. The fourth-order valence-electron chi connectivity index (χ4n) is 1.81. The second kappa shape index (κ2) is 7.26. The van der Waals surface area contributed by atoms with Crippen LogP contribution in [-0.4, -0.2) is 11.6 Å². The standard InChI is InChI=1S/C15H20N2OS/c1-2-3-9-18-13-6-4-12(5-7-13)14(16)11-15-17-8-10-19-15/h4-8,10,14H,2-3,9,11,16H2,1H3. The average Bonchev–Trinajstić information content (AvgIpc) is 2.93. The number of unbranched alkanes of at least 4 members (excludes halogenated alkanes) is 1. The molecule has 2 N–H and O–H groups in total. The van der Waals surface area contributed by atoms with Crippen LogP contribution in [0.2, 0.25) is 0 Å². The highest BCUT2D eigenvalue weighted by molar-refractivity contribution is 7.09. The van der Waals surface area contributed by atoms with Gasteiger partial charge in [0.15, 0.2) is 0 Å². The number of hydrogen-bond acceptors (Lipinski definition) is 4. The van der Waals surface area contributed by atoms with E-state index in [1.54, 1.807) is 11.3 Å². The number of rotatable bonds is 7. The quantitative estimate of drug-likeness (QED) is 0.787. The number of ether oxygens (including phenoxy) is 1. The van der Waals surface area contributed by atoms with E-state index in [9.17, 15) is 0 Å². The summed E-state index contributed by atoms with van der Waals surface area (Å²) in [5, 5.41) is 3.06. The molecule has 102 valence electrons. The largest absolute Gasteiger partial charge is 0.494 e. The van der Waals surface area contributed by atoms with Crippen molar-refractivity contribution >= 4 is 11.3 Å². The Morgan fingerprint density at radius 2 is 2.11 bits per heavy atom. The second-order valence-corrected chi connectivity index (χ2v) is 5.49. The maximum atomic E-state index is 6.18. The van der Waals surface area contributed by atoms with Crippen LogP contribution in [0.3, 0.4) is 0 Å². The van der Waals surface area contributed by atoms with Gasteiger partial charge in [-0.1, -0.05) is 25.5 Å². The zero-order valence-electron chi connectivity index (χ0n) is 11.2. The van der Waals surface area contributed by atoms with Gasteiger partial charge in [0, 0.05) is 24.0 Å². The summed E-state index contributed by atoms with van der Waals surface area (Å²) < 4.78 is 5.64. The van der Waals surface area contributed by atoms with Crippen molar-refractivity contribution in [3.8, 4) is 5.75 Å². The Bertz CT molecular complexity index is 467. The Labute approximate surface area is 118 Å². The topological polar surface area (TPSA) is 48.1 Å². The van der Waals surface area contributed by atoms with Gasteiger partial charge in [0.25, 0.3) is 0 Å². The van der Waals surface area contributed by atoms with Crippen molar-refractivity contribution < 1.29 is 4.74 Å². The Morgan fingerprint density at radius 3 is 2.74 bits per heavy atom. The van der Waals surface area contributed by atoms with Gasteiger partial charge in [-0.25, -0.2) is 4.98 Å². The first-order valence-corrected chi connectivity index (χ1v) is 7.54. The van der Waals surface area contributed by atoms with Crippen LogP contribution >= 0.6 is 11.3 Å². The van der Waals surface area contributed by atoms with E-state index in [-0.39, 0.29) is 6.04 Å². The molecule has 2 aromatic rings. The van der Waals surface area contributed by atoms with Gasteiger partial charge in [-0.15, -0.1) is 11.3 Å². The molecule has 0 aliphatic heterocycles. The molecular formula is C15H20N2OS. The lowest BCUT2D eigenvalue weighted by Crippen LogP contribution is -2.13. The van der Waals surface area contributed by atoms with E-state index >= 15 is 0 Å². The highest BCUT2D eigenvalue weighted by Crippen LogP contribution is 2.20. The molecule has 0 saturated heterocycles. The van der Waals surface area contributed by atoms with Crippen molar-refractivity contribution in [3.05, 3.63) is 46.4 Å². The number of hydrogen-bond donors (Lipinski definition) is 1. The Morgan fingerprint density at radius 1 is 1.32 bits per heavy atom. The first kappa shape index (κ1) is 14.0. The van der Waals surface area contributed by atoms with Crippen LogP contribution in [-0.2, 0) is 6.42 Å². The highest BCUT2D eigenvalue weighted by Gasteiger charge is 2.08. The van der Waals surface area contributed by atoms with E-state index < -0.39 is 0 Å². The minimum Gasteiger partial charge on any atom is -0.494 e. The maximum Gasteiger partial charge on any atom is 0.119 e. The van der Waals surface area contributed by atoms with Crippen molar-refractivity contribution in [2.45, 2.75) is 32.2 Å². The first-order chi connectivity index (χ1) is 9.29. The van der Waals surface area contributed by atoms with Gasteiger partial charge < -0.3 is 10.5 Å². The molecule has 2 rings (SSSR count). The second-order valence-electron chi connectivity index (χ2n) is 4.51. The third-order valence-corrected chi connectivity index (χ3v) is 3.75. The molecule has 0 amide bonds. The first-order valence-electron chi connectivity index (χ1n) is 6.66. The third kappa shape index (κ3) is 4.33. The van der Waals surface area contributed by atoms with E-state index in [1.807, 2.05) is 35.8 Å². The van der Waals surface area contributed by atoms with Gasteiger partial charge in [-0.3, -0.25) is 0 Å². The maximum absolute atomic E-state index is 6.18. The van der Waals surface area contributed by atoms with Gasteiger partial charge in [0.1, 0.15) is 5.75 Å². The lowest BCUT2D eigenvalue weighted by molar-refractivity contribution is 0.309. The van der Waals surface area contributed by atoms with Crippen molar-refractivity contribution in [2.75, 3.05) is 6.61 Å². The molecule has 1 aromatic carbocycles. The number of aromatic nitrogens is 1. The summed E-state index contributed by atoms with van der Waals surface area (Å²) in [6.07, 6.45) is 4.84. The van der Waals surface area contributed by atoms with Crippen LogP contribution in [0.25, 0.3) is 0 Å². The average molecular weight is 276 g/mol. The summed E-state index contributed by atoms with van der Waals surface area (Å²) in [4.78, 5) is 4.26. The predicted octanol–water partition coefficient (Wildman–Crippen LogP) is 3.56. The molecule has 1 heterocycles. The summed E-state index contributed by atoms with van der Waals surface area (Å²) in [5.74, 6) is 0.915. The van der Waals surface area contributed by atoms with Crippen molar-refractivity contribution in [1.82, 2.24) is 4.98 Å². The molecule has 4 heteroatoms. The molecular weight excluding hydrogens is 256 g/mol. The van der Waals surface area contributed by atoms with E-state index in [1.165, 1.54) is 0 Å². The normalized spacial score (nSPS) is 12.3. The van der Waals surface area contributed by atoms with E-state index in [0.717, 1.165) is 42.2 Å². The van der Waals surface area contributed by atoms with E-state index in [2.05, 4.69) is 11.9 Å². The fraction of sp³-hybridized carbons (Fsp3) is 0.400. The molecule has 0 radical (unpaired) electrons. The van der Waals surface area contributed by atoms with Crippen LogP contribution in [0.1, 0.15) is 36.4 Å². The molecule has 19 heavy (non-hydrogen) atoms. The molecule has 0 aliphatic carbocycles. The summed E-state index contributed by atoms with van der Waals surface area (Å²) in [7, 11) is 0. The van der Waals surface area contributed by atoms with Crippen molar-refractivity contribution in [1.29, 1.82) is 0 Å². The minimum absolute atomic E-state index is 0.00385. The lowest BCUT2D eigenvalue weighted by atomic mass is 10.1. The Kier molecular flexibility index (Phi) is 5.36. The van der Waals surface area contributed by atoms with Gasteiger partial charge in [0.05, 0.1) is 11.6 Å². The third-order valence-electron chi connectivity index (χ3n) is 2.95. The van der Waals surface area contributed by atoms with Crippen molar-refractivity contribution in [3.63, 3.8) is 0 Å². The van der Waals surface area contributed by atoms with Crippen LogP contribution in [0.5, 0.6) is 5.75 Å². The summed E-state index contributed by atoms with van der Waals surface area (Å²) in [5.41, 5.74) is 7.31. The minimum atomic E-state index is -0.00385. The molecule has 1 unspecified atom stereocenters. The molecule has 0 saturated carbocycles. The Balaban J connectivity index is 1.90. The fourth-order valence-corrected chi connectivity index (χ4v) is 2.48. The van der Waals surface area contributed by atoms with Gasteiger partial charge in [0.2, 0.25) is 0 Å². The summed E-state index contributed by atoms with van der Waals surface area (Å²) >= 11 is 1.65. The Hall–Kier alpha value is -1.39. The van der Waals surface area contributed by atoms with Crippen LogP contribution in [0.4, 0.5) is 0 Å². The monoisotopic (exact) mass is 276 g/mol. The summed E-state index contributed by atoms with van der Waals surface area (Å²) in [6.45, 7) is 2.94. The van der Waals surface area contributed by atoms with E-state index in [4.69, 9.17) is 10.5 Å². The molecule has 0 bridgehead atoms. The molecule has 0 spiro atoms.